The molecule has 1 N–H and O–H groups in total. The highest BCUT2D eigenvalue weighted by Gasteiger charge is 2.35. The highest BCUT2D eigenvalue weighted by Crippen LogP contribution is 2.48. The van der Waals surface area contributed by atoms with E-state index < -0.39 is 19.8 Å². The Morgan fingerprint density at radius 3 is 1.88 bits per heavy atom. The van der Waals surface area contributed by atoms with Gasteiger partial charge in [-0.25, -0.2) is 4.57 Å². The van der Waals surface area contributed by atoms with Gasteiger partial charge >= 0.3 is 13.7 Å². The molecule has 2 atom stereocenters. The minimum absolute atomic E-state index is 0.135. The molecule has 0 fully saturated rings. The Balaban J connectivity index is 1.95. The Morgan fingerprint density at radius 2 is 1.32 bits per heavy atom. The predicted molar refractivity (Wildman–Crippen MR) is 157 cm³/mol. The Kier molecular flexibility index (Phi) is 11.1. The third-order valence-corrected chi connectivity index (χ3v) is 7.18. The van der Waals surface area contributed by atoms with Crippen molar-refractivity contribution in [3.05, 3.63) is 71.8 Å². The highest BCUT2D eigenvalue weighted by molar-refractivity contribution is 7.52. The van der Waals surface area contributed by atoms with Crippen LogP contribution in [-0.2, 0) is 14.1 Å². The number of para-hydroxylation sites is 1. The molecule has 0 saturated heterocycles. The van der Waals surface area contributed by atoms with Crippen LogP contribution in [0.2, 0.25) is 0 Å². The van der Waals surface area contributed by atoms with Crippen molar-refractivity contribution in [2.24, 2.45) is 0 Å². The van der Waals surface area contributed by atoms with E-state index in [1.54, 1.807) is 76.6 Å². The SMILES string of the molecule is COc1ccc(/C=C\c2cc(OC)c(OC)c(OC)c2)cc1OP(=O)(N[C@@H](C)C(=O)OC(C)C)Oc1ccccc1. The van der Waals surface area contributed by atoms with E-state index in [0.29, 0.717) is 28.6 Å². The first-order chi connectivity index (χ1) is 19.6. The van der Waals surface area contributed by atoms with E-state index in [0.717, 1.165) is 5.56 Å². The second-order valence-electron chi connectivity index (χ2n) is 9.03. The summed E-state index contributed by atoms with van der Waals surface area (Å²) in [6, 6.07) is 16.2. The van der Waals surface area contributed by atoms with Crippen LogP contribution in [-0.4, -0.2) is 46.6 Å². The summed E-state index contributed by atoms with van der Waals surface area (Å²) in [4.78, 5) is 12.5. The number of methoxy groups -OCH3 is 4. The van der Waals surface area contributed by atoms with Gasteiger partial charge in [-0.05, 0) is 68.3 Å². The molecular weight excluding hydrogens is 549 g/mol. The van der Waals surface area contributed by atoms with Gasteiger partial charge in [0.2, 0.25) is 5.75 Å². The van der Waals surface area contributed by atoms with Gasteiger partial charge in [-0.2, -0.15) is 5.09 Å². The summed E-state index contributed by atoms with van der Waals surface area (Å²) in [6.07, 6.45) is 3.32. The second-order valence-corrected chi connectivity index (χ2v) is 10.7. The lowest BCUT2D eigenvalue weighted by molar-refractivity contribution is -0.149. The lowest BCUT2D eigenvalue weighted by Crippen LogP contribution is -2.36. The topological polar surface area (TPSA) is 111 Å². The number of rotatable bonds is 14. The fourth-order valence-electron chi connectivity index (χ4n) is 3.70. The van der Waals surface area contributed by atoms with Gasteiger partial charge in [0, 0.05) is 0 Å². The molecule has 3 rings (SSSR count). The van der Waals surface area contributed by atoms with Crippen LogP contribution in [0.5, 0.6) is 34.5 Å². The van der Waals surface area contributed by atoms with E-state index in [4.69, 9.17) is 32.7 Å². The summed E-state index contributed by atoms with van der Waals surface area (Å²) in [5.74, 6) is 1.64. The number of carbonyl (C=O) groups is 1. The van der Waals surface area contributed by atoms with Gasteiger partial charge in [-0.15, -0.1) is 0 Å². The van der Waals surface area contributed by atoms with Gasteiger partial charge in [0.15, 0.2) is 23.0 Å². The van der Waals surface area contributed by atoms with E-state index in [2.05, 4.69) is 5.09 Å². The summed E-state index contributed by atoms with van der Waals surface area (Å²) >= 11 is 0. The summed E-state index contributed by atoms with van der Waals surface area (Å²) in [5.41, 5.74) is 1.49. The molecule has 0 saturated carbocycles. The molecule has 0 amide bonds. The normalized spacial score (nSPS) is 13.3. The number of hydrogen-bond donors (Lipinski definition) is 1. The van der Waals surface area contributed by atoms with Crippen LogP contribution < -0.4 is 33.1 Å². The third-order valence-electron chi connectivity index (χ3n) is 5.59. The van der Waals surface area contributed by atoms with Crippen LogP contribution in [0, 0.1) is 0 Å². The number of esters is 1. The van der Waals surface area contributed by atoms with Crippen molar-refractivity contribution in [2.75, 3.05) is 28.4 Å². The van der Waals surface area contributed by atoms with Gasteiger partial charge in [-0.3, -0.25) is 4.79 Å². The van der Waals surface area contributed by atoms with Crippen molar-refractivity contribution in [1.82, 2.24) is 5.09 Å². The van der Waals surface area contributed by atoms with Crippen molar-refractivity contribution in [1.29, 1.82) is 0 Å². The zero-order chi connectivity index (χ0) is 30.0. The van der Waals surface area contributed by atoms with Gasteiger partial charge < -0.3 is 32.7 Å². The minimum Gasteiger partial charge on any atom is -0.493 e. The van der Waals surface area contributed by atoms with Gasteiger partial charge in [0.1, 0.15) is 11.8 Å². The second kappa shape index (κ2) is 14.5. The lowest BCUT2D eigenvalue weighted by atomic mass is 10.1. The van der Waals surface area contributed by atoms with E-state index in [-0.39, 0.29) is 17.6 Å². The van der Waals surface area contributed by atoms with Crippen LogP contribution in [0.25, 0.3) is 12.2 Å². The standard InChI is InChI=1S/C30H36NO9P/c1-20(2)38-30(32)21(3)31-41(33,39-24-11-9-8-10-12-24)40-26-17-22(15-16-25(26)34-4)13-14-23-18-27(35-5)29(37-7)28(19-23)36-6/h8-21H,1-7H3,(H,31,33)/b14-13-/t21-,41?/m0/s1. The Hall–Kier alpha value is -4.14. The average molecular weight is 586 g/mol. The van der Waals surface area contributed by atoms with E-state index in [9.17, 15) is 9.36 Å². The molecule has 0 spiro atoms. The molecule has 41 heavy (non-hydrogen) atoms. The maximum Gasteiger partial charge on any atom is 0.513 e. The number of hydrogen-bond acceptors (Lipinski definition) is 9. The van der Waals surface area contributed by atoms with Crippen molar-refractivity contribution in [2.45, 2.75) is 32.9 Å². The zero-order valence-corrected chi connectivity index (χ0v) is 25.1. The molecule has 1 unspecified atom stereocenters. The monoisotopic (exact) mass is 585 g/mol. The molecule has 11 heteroatoms. The molecule has 10 nitrogen and oxygen atoms in total. The van der Waals surface area contributed by atoms with E-state index in [1.165, 1.54) is 21.1 Å². The number of benzene rings is 3. The molecule has 0 radical (unpaired) electrons. The molecule has 0 aliphatic heterocycles. The number of carbonyl (C=O) groups excluding carboxylic acids is 1. The largest absolute Gasteiger partial charge is 0.513 e. The molecule has 3 aromatic carbocycles. The Bertz CT molecular complexity index is 1370. The van der Waals surface area contributed by atoms with Gasteiger partial charge in [0.05, 0.1) is 34.5 Å². The summed E-state index contributed by atoms with van der Waals surface area (Å²) in [7, 11) is 1.91. The lowest BCUT2D eigenvalue weighted by Gasteiger charge is -2.24. The van der Waals surface area contributed by atoms with Crippen LogP contribution in [0.1, 0.15) is 31.9 Å². The van der Waals surface area contributed by atoms with E-state index in [1.807, 2.05) is 24.3 Å². The molecule has 0 bridgehead atoms. The zero-order valence-electron chi connectivity index (χ0n) is 24.2. The Labute approximate surface area is 240 Å². The smallest absolute Gasteiger partial charge is 0.493 e. The van der Waals surface area contributed by atoms with E-state index >= 15 is 0 Å². The molecule has 0 heterocycles. The Morgan fingerprint density at radius 1 is 0.732 bits per heavy atom. The molecule has 0 aromatic heterocycles. The van der Waals surface area contributed by atoms with Crippen molar-refractivity contribution in [3.63, 3.8) is 0 Å². The fraction of sp³-hybridized carbons (Fsp3) is 0.300. The fourth-order valence-corrected chi connectivity index (χ4v) is 5.23. The first kappa shape index (κ1) is 31.4. The maximum absolute atomic E-state index is 14.0. The third kappa shape index (κ3) is 8.67. The number of nitrogens with one attached hydrogen (secondary N) is 1. The molecule has 3 aromatic rings. The molecular formula is C30H36NO9P. The van der Waals surface area contributed by atoms with Crippen LogP contribution in [0.4, 0.5) is 0 Å². The van der Waals surface area contributed by atoms with Gasteiger partial charge in [0.25, 0.3) is 0 Å². The van der Waals surface area contributed by atoms with Crippen molar-refractivity contribution in [3.8, 4) is 34.5 Å². The first-order valence-corrected chi connectivity index (χ1v) is 14.3. The molecule has 0 aliphatic carbocycles. The summed E-state index contributed by atoms with van der Waals surface area (Å²) in [6.45, 7) is 4.97. The molecule has 220 valence electrons. The number of ether oxygens (including phenoxy) is 5. The highest BCUT2D eigenvalue weighted by atomic mass is 31.2. The molecule has 0 aliphatic rings. The van der Waals surface area contributed by atoms with Crippen LogP contribution in [0.3, 0.4) is 0 Å². The van der Waals surface area contributed by atoms with Gasteiger partial charge in [-0.1, -0.05) is 36.4 Å². The minimum atomic E-state index is -4.19. The van der Waals surface area contributed by atoms with Crippen molar-refractivity contribution >= 4 is 25.9 Å². The first-order valence-electron chi connectivity index (χ1n) is 12.8. The van der Waals surface area contributed by atoms with Crippen molar-refractivity contribution < 1.29 is 42.1 Å². The quantitative estimate of drug-likeness (QED) is 0.130. The maximum atomic E-state index is 14.0. The van der Waals surface area contributed by atoms with Crippen LogP contribution >= 0.6 is 7.75 Å². The van der Waals surface area contributed by atoms with Crippen LogP contribution in [0.15, 0.2) is 60.7 Å². The average Bonchev–Trinajstić information content (AvgIpc) is 2.95. The summed E-state index contributed by atoms with van der Waals surface area (Å²) < 4.78 is 52.7. The predicted octanol–water partition coefficient (Wildman–Crippen LogP) is 6.39. The summed E-state index contributed by atoms with van der Waals surface area (Å²) in [5, 5.41) is 2.68.